The van der Waals surface area contributed by atoms with Crippen molar-refractivity contribution in [2.45, 2.75) is 71.3 Å². The smallest absolute Gasteiger partial charge is 0.282 e. The first-order chi connectivity index (χ1) is 16.5. The van der Waals surface area contributed by atoms with Gasteiger partial charge in [-0.25, -0.2) is 4.98 Å². The van der Waals surface area contributed by atoms with E-state index in [1.54, 1.807) is 6.21 Å². The third-order valence-corrected chi connectivity index (χ3v) is 6.79. The molecule has 0 N–H and O–H groups in total. The van der Waals surface area contributed by atoms with Gasteiger partial charge in [-0.05, 0) is 75.1 Å². The van der Waals surface area contributed by atoms with Crippen molar-refractivity contribution in [2.75, 3.05) is 6.61 Å². The van der Waals surface area contributed by atoms with Gasteiger partial charge in [-0.2, -0.15) is 9.78 Å². The summed E-state index contributed by atoms with van der Waals surface area (Å²) in [6.45, 7) is 6.61. The molecular weight excluding hydrogens is 494 g/mol. The van der Waals surface area contributed by atoms with Crippen LogP contribution >= 0.6 is 15.9 Å². The van der Waals surface area contributed by atoms with E-state index in [1.165, 1.54) is 11.1 Å². The van der Waals surface area contributed by atoms with E-state index >= 15 is 0 Å². The van der Waals surface area contributed by atoms with Crippen LogP contribution in [-0.4, -0.2) is 28.6 Å². The normalized spacial score (nSPS) is 15.6. The number of halogens is 1. The van der Waals surface area contributed by atoms with Gasteiger partial charge in [-0.1, -0.05) is 42.1 Å². The third-order valence-electron chi connectivity index (χ3n) is 6.30. The van der Waals surface area contributed by atoms with E-state index in [4.69, 9.17) is 14.5 Å². The number of ether oxygens (including phenoxy) is 2. The van der Waals surface area contributed by atoms with Crippen molar-refractivity contribution in [1.29, 1.82) is 0 Å². The second-order valence-corrected chi connectivity index (χ2v) is 9.72. The fourth-order valence-electron chi connectivity index (χ4n) is 4.30. The molecule has 1 atom stereocenters. The van der Waals surface area contributed by atoms with Crippen LogP contribution in [0, 0.1) is 0 Å². The summed E-state index contributed by atoms with van der Waals surface area (Å²) in [5.41, 5.74) is 1.39. The lowest BCUT2D eigenvalue weighted by Gasteiger charge is -2.22. The molecule has 1 saturated carbocycles. The van der Waals surface area contributed by atoms with Gasteiger partial charge in [-0.3, -0.25) is 4.79 Å². The summed E-state index contributed by atoms with van der Waals surface area (Å²) in [5, 5.41) is 5.20. The molecule has 0 bridgehead atoms. The predicted octanol–water partition coefficient (Wildman–Crippen LogP) is 6.66. The molecule has 34 heavy (non-hydrogen) atoms. The highest BCUT2D eigenvalue weighted by Gasteiger charge is 2.22. The Labute approximate surface area is 209 Å². The number of rotatable bonds is 8. The molecule has 1 aromatic heterocycles. The number of hydrogen-bond acceptors (Lipinski definition) is 5. The maximum atomic E-state index is 13.5. The summed E-state index contributed by atoms with van der Waals surface area (Å²) >= 11 is 3.47. The summed E-state index contributed by atoms with van der Waals surface area (Å²) in [6, 6.07) is 11.4. The zero-order valence-corrected chi connectivity index (χ0v) is 21.7. The van der Waals surface area contributed by atoms with Gasteiger partial charge < -0.3 is 9.47 Å². The highest BCUT2D eigenvalue weighted by atomic mass is 79.9. The number of benzene rings is 2. The van der Waals surface area contributed by atoms with Crippen LogP contribution in [-0.2, 0) is 0 Å². The molecule has 0 saturated heterocycles. The molecule has 0 radical (unpaired) electrons. The molecule has 180 valence electrons. The van der Waals surface area contributed by atoms with Crippen molar-refractivity contribution in [1.82, 2.24) is 9.66 Å². The van der Waals surface area contributed by atoms with Crippen LogP contribution in [0.15, 0.2) is 50.8 Å². The van der Waals surface area contributed by atoms with Gasteiger partial charge in [0.15, 0.2) is 11.5 Å². The van der Waals surface area contributed by atoms with Crippen LogP contribution in [0.5, 0.6) is 11.5 Å². The second-order valence-electron chi connectivity index (χ2n) is 8.80. The first-order valence-corrected chi connectivity index (χ1v) is 13.0. The van der Waals surface area contributed by atoms with E-state index < -0.39 is 0 Å². The lowest BCUT2D eigenvalue weighted by Crippen LogP contribution is -2.25. The zero-order chi connectivity index (χ0) is 24.1. The van der Waals surface area contributed by atoms with Crippen molar-refractivity contribution < 1.29 is 9.47 Å². The van der Waals surface area contributed by atoms with Crippen LogP contribution in [0.25, 0.3) is 10.9 Å². The first kappa shape index (κ1) is 24.5. The fourth-order valence-corrected chi connectivity index (χ4v) is 4.66. The van der Waals surface area contributed by atoms with Gasteiger partial charge in [0.05, 0.1) is 29.8 Å². The molecule has 3 aromatic rings. The van der Waals surface area contributed by atoms with Crippen molar-refractivity contribution in [3.8, 4) is 11.5 Å². The zero-order valence-electron chi connectivity index (χ0n) is 20.1. The van der Waals surface area contributed by atoms with Gasteiger partial charge in [0.2, 0.25) is 0 Å². The SMILES string of the molecule is CCOc1cc(C=Nn2c(C3CCCCC3)nc3ccc(Br)cc3c2=O)ccc1O[C@H](C)CC. The topological polar surface area (TPSA) is 65.7 Å². The maximum absolute atomic E-state index is 13.5. The quantitative estimate of drug-likeness (QED) is 0.308. The van der Waals surface area contributed by atoms with E-state index in [0.29, 0.717) is 29.0 Å². The molecule has 4 rings (SSSR count). The minimum atomic E-state index is -0.148. The first-order valence-electron chi connectivity index (χ1n) is 12.2. The molecule has 1 heterocycles. The largest absolute Gasteiger partial charge is 0.490 e. The van der Waals surface area contributed by atoms with E-state index in [0.717, 1.165) is 48.0 Å². The van der Waals surface area contributed by atoms with Crippen molar-refractivity contribution in [3.63, 3.8) is 0 Å². The van der Waals surface area contributed by atoms with E-state index in [2.05, 4.69) is 28.0 Å². The molecule has 0 spiro atoms. The van der Waals surface area contributed by atoms with Gasteiger partial charge in [0.1, 0.15) is 5.82 Å². The highest BCUT2D eigenvalue weighted by Crippen LogP contribution is 2.32. The molecule has 2 aromatic carbocycles. The Hall–Kier alpha value is -2.67. The fraction of sp³-hybridized carbons (Fsp3) is 0.444. The number of hydrogen-bond donors (Lipinski definition) is 0. The Morgan fingerprint density at radius 2 is 1.94 bits per heavy atom. The molecule has 1 fully saturated rings. The molecular formula is C27H32BrN3O3. The molecule has 1 aliphatic rings. The van der Waals surface area contributed by atoms with E-state index in [9.17, 15) is 4.79 Å². The third kappa shape index (κ3) is 5.52. The summed E-state index contributed by atoms with van der Waals surface area (Å²) in [5.74, 6) is 2.37. The Balaban J connectivity index is 1.75. The standard InChI is InChI=1S/C27H32BrN3O3/c1-4-18(3)34-24-14-11-19(15-25(24)33-5-2)17-29-31-26(20-9-7-6-8-10-20)30-23-13-12-21(28)16-22(23)27(31)32/h11-18,20H,4-10H2,1-3H3/t18-/m1/s1. The Kier molecular flexibility index (Phi) is 8.03. The minimum Gasteiger partial charge on any atom is -0.490 e. The van der Waals surface area contributed by atoms with Gasteiger partial charge in [-0.15, -0.1) is 0 Å². The van der Waals surface area contributed by atoms with Crippen LogP contribution < -0.4 is 15.0 Å². The molecule has 0 amide bonds. The molecule has 0 unspecified atom stereocenters. The number of fused-ring (bicyclic) bond motifs is 1. The van der Waals surface area contributed by atoms with E-state index in [1.807, 2.05) is 50.2 Å². The molecule has 0 aliphatic heterocycles. The van der Waals surface area contributed by atoms with Gasteiger partial charge in [0, 0.05) is 10.4 Å². The van der Waals surface area contributed by atoms with Crippen LogP contribution in [0.3, 0.4) is 0 Å². The monoisotopic (exact) mass is 525 g/mol. The summed E-state index contributed by atoms with van der Waals surface area (Å²) in [6.07, 6.45) is 8.30. The molecule has 1 aliphatic carbocycles. The Morgan fingerprint density at radius 1 is 1.15 bits per heavy atom. The molecule has 7 heteroatoms. The van der Waals surface area contributed by atoms with Gasteiger partial charge in [0.25, 0.3) is 5.56 Å². The highest BCUT2D eigenvalue weighted by molar-refractivity contribution is 9.10. The predicted molar refractivity (Wildman–Crippen MR) is 141 cm³/mol. The summed E-state index contributed by atoms with van der Waals surface area (Å²) < 4.78 is 14.2. The summed E-state index contributed by atoms with van der Waals surface area (Å²) in [7, 11) is 0. The van der Waals surface area contributed by atoms with Crippen LogP contribution in [0.2, 0.25) is 0 Å². The van der Waals surface area contributed by atoms with Crippen molar-refractivity contribution in [2.24, 2.45) is 5.10 Å². The Morgan fingerprint density at radius 3 is 2.68 bits per heavy atom. The summed E-state index contributed by atoms with van der Waals surface area (Å²) in [4.78, 5) is 18.4. The average Bonchev–Trinajstić information content (AvgIpc) is 2.85. The number of aromatic nitrogens is 2. The van der Waals surface area contributed by atoms with E-state index in [-0.39, 0.29) is 17.6 Å². The Bertz CT molecular complexity index is 1230. The lowest BCUT2D eigenvalue weighted by atomic mass is 9.88. The minimum absolute atomic E-state index is 0.0957. The second kappa shape index (κ2) is 11.2. The van der Waals surface area contributed by atoms with Crippen molar-refractivity contribution in [3.05, 3.63) is 62.6 Å². The van der Waals surface area contributed by atoms with Crippen LogP contribution in [0.4, 0.5) is 0 Å². The lowest BCUT2D eigenvalue weighted by molar-refractivity contribution is 0.203. The average molecular weight is 526 g/mol. The maximum Gasteiger partial charge on any atom is 0.282 e. The van der Waals surface area contributed by atoms with Crippen LogP contribution in [0.1, 0.15) is 76.6 Å². The number of nitrogens with zero attached hydrogens (tertiary/aromatic N) is 3. The molecule has 6 nitrogen and oxygen atoms in total. The van der Waals surface area contributed by atoms with Gasteiger partial charge >= 0.3 is 0 Å². The van der Waals surface area contributed by atoms with Crippen molar-refractivity contribution >= 4 is 33.0 Å².